The van der Waals surface area contributed by atoms with Gasteiger partial charge in [-0.2, -0.15) is 4.31 Å². The van der Waals surface area contributed by atoms with Crippen molar-refractivity contribution in [3.8, 4) is 0 Å². The van der Waals surface area contributed by atoms with Crippen LogP contribution >= 0.6 is 15.9 Å². The smallest absolute Gasteiger partial charge is 0.244 e. The third-order valence-electron chi connectivity index (χ3n) is 3.54. The fourth-order valence-corrected chi connectivity index (χ4v) is 4.75. The average molecular weight is 364 g/mol. The molecule has 2 rings (SSSR count). The van der Waals surface area contributed by atoms with E-state index in [0.29, 0.717) is 36.1 Å². The Kier molecular flexibility index (Phi) is 5.19. The van der Waals surface area contributed by atoms with Crippen LogP contribution in [0.1, 0.15) is 18.4 Å². The standard InChI is InChI=1S/C13H18BrNO4S/c1-15(11-4-6-19-7-5-11)20(17,18)13-3-2-10(9-16)8-12(13)14/h2-3,8,11,16H,4-7,9H2,1H3. The number of nitrogens with zero attached hydrogens (tertiary/aromatic N) is 1. The minimum absolute atomic E-state index is 0.0295. The van der Waals surface area contributed by atoms with Gasteiger partial charge < -0.3 is 9.84 Å². The topological polar surface area (TPSA) is 66.8 Å². The maximum Gasteiger partial charge on any atom is 0.244 e. The van der Waals surface area contributed by atoms with Gasteiger partial charge in [0.05, 0.1) is 11.5 Å². The highest BCUT2D eigenvalue weighted by Gasteiger charge is 2.30. The number of hydrogen-bond acceptors (Lipinski definition) is 4. The quantitative estimate of drug-likeness (QED) is 0.884. The summed E-state index contributed by atoms with van der Waals surface area (Å²) in [5.41, 5.74) is 0.671. The van der Waals surface area contributed by atoms with Gasteiger partial charge in [0.2, 0.25) is 10.0 Å². The van der Waals surface area contributed by atoms with Crippen molar-refractivity contribution in [1.82, 2.24) is 4.31 Å². The zero-order chi connectivity index (χ0) is 14.8. The Balaban J connectivity index is 2.29. The molecule has 0 atom stereocenters. The minimum Gasteiger partial charge on any atom is -0.392 e. The number of aliphatic hydroxyl groups excluding tert-OH is 1. The van der Waals surface area contributed by atoms with E-state index in [1.54, 1.807) is 19.2 Å². The number of hydrogen-bond donors (Lipinski definition) is 1. The SMILES string of the molecule is CN(C1CCOCC1)S(=O)(=O)c1ccc(CO)cc1Br. The second kappa shape index (κ2) is 6.53. The van der Waals surface area contributed by atoms with E-state index >= 15 is 0 Å². The molecular formula is C13H18BrNO4S. The molecule has 0 spiro atoms. The molecule has 5 nitrogen and oxygen atoms in total. The van der Waals surface area contributed by atoms with Crippen molar-refractivity contribution in [2.24, 2.45) is 0 Å². The summed E-state index contributed by atoms with van der Waals surface area (Å²) in [6.45, 7) is 1.07. The van der Waals surface area contributed by atoms with Crippen LogP contribution in [-0.2, 0) is 21.4 Å². The first-order chi connectivity index (χ1) is 9.46. The molecule has 1 aliphatic heterocycles. The zero-order valence-corrected chi connectivity index (χ0v) is 13.7. The van der Waals surface area contributed by atoms with E-state index in [0.717, 1.165) is 0 Å². The molecule has 1 N–H and O–H groups in total. The Morgan fingerprint density at radius 3 is 2.60 bits per heavy atom. The second-order valence-electron chi connectivity index (χ2n) is 4.79. The van der Waals surface area contributed by atoms with Gasteiger partial charge in [-0.1, -0.05) is 6.07 Å². The maximum atomic E-state index is 12.6. The Morgan fingerprint density at radius 2 is 2.05 bits per heavy atom. The van der Waals surface area contributed by atoms with Crippen LogP contribution in [-0.4, -0.2) is 44.1 Å². The van der Waals surface area contributed by atoms with Gasteiger partial charge in [0.1, 0.15) is 0 Å². The van der Waals surface area contributed by atoms with E-state index in [1.807, 2.05) is 0 Å². The lowest BCUT2D eigenvalue weighted by Gasteiger charge is -2.30. The van der Waals surface area contributed by atoms with Crippen LogP contribution in [0.15, 0.2) is 27.6 Å². The lowest BCUT2D eigenvalue weighted by atomic mass is 10.1. The molecule has 1 aliphatic rings. The number of sulfonamides is 1. The van der Waals surface area contributed by atoms with E-state index in [-0.39, 0.29) is 17.5 Å². The van der Waals surface area contributed by atoms with Crippen molar-refractivity contribution in [2.75, 3.05) is 20.3 Å². The Bertz CT molecular complexity index is 570. The molecule has 1 aromatic carbocycles. The van der Waals surface area contributed by atoms with Crippen molar-refractivity contribution >= 4 is 26.0 Å². The largest absolute Gasteiger partial charge is 0.392 e. The summed E-state index contributed by atoms with van der Waals surface area (Å²) < 4.78 is 32.5. The van der Waals surface area contributed by atoms with Crippen LogP contribution in [0.5, 0.6) is 0 Å². The molecule has 20 heavy (non-hydrogen) atoms. The number of ether oxygens (including phenoxy) is 1. The van der Waals surface area contributed by atoms with Crippen molar-refractivity contribution in [3.63, 3.8) is 0 Å². The van der Waals surface area contributed by atoms with Gasteiger partial charge in [-0.25, -0.2) is 8.42 Å². The van der Waals surface area contributed by atoms with Gasteiger partial charge >= 0.3 is 0 Å². The Morgan fingerprint density at radius 1 is 1.40 bits per heavy atom. The Labute approximate surface area is 127 Å². The van der Waals surface area contributed by atoms with Crippen LogP contribution in [0, 0.1) is 0 Å². The maximum absolute atomic E-state index is 12.6. The molecule has 1 saturated heterocycles. The first-order valence-corrected chi connectivity index (χ1v) is 8.65. The highest BCUT2D eigenvalue weighted by molar-refractivity contribution is 9.10. The van der Waals surface area contributed by atoms with E-state index in [4.69, 9.17) is 9.84 Å². The molecule has 0 aliphatic carbocycles. The van der Waals surface area contributed by atoms with Crippen LogP contribution < -0.4 is 0 Å². The van der Waals surface area contributed by atoms with Crippen molar-refractivity contribution in [2.45, 2.75) is 30.4 Å². The summed E-state index contributed by atoms with van der Waals surface area (Å²) in [5, 5.41) is 9.07. The first-order valence-electron chi connectivity index (χ1n) is 6.42. The molecule has 0 radical (unpaired) electrons. The van der Waals surface area contributed by atoms with E-state index in [1.165, 1.54) is 10.4 Å². The predicted molar refractivity (Wildman–Crippen MR) is 78.9 cm³/mol. The van der Waals surface area contributed by atoms with Crippen LogP contribution in [0.4, 0.5) is 0 Å². The number of rotatable bonds is 4. The van der Waals surface area contributed by atoms with Gasteiger partial charge in [-0.3, -0.25) is 0 Å². The molecule has 1 fully saturated rings. The van der Waals surface area contributed by atoms with Crippen LogP contribution in [0.25, 0.3) is 0 Å². The van der Waals surface area contributed by atoms with E-state index < -0.39 is 10.0 Å². The summed E-state index contributed by atoms with van der Waals surface area (Å²) in [6.07, 6.45) is 1.42. The van der Waals surface area contributed by atoms with Crippen molar-refractivity contribution in [1.29, 1.82) is 0 Å². The summed E-state index contributed by atoms with van der Waals surface area (Å²) >= 11 is 3.27. The molecule has 0 saturated carbocycles. The highest BCUT2D eigenvalue weighted by Crippen LogP contribution is 2.28. The molecular weight excluding hydrogens is 346 g/mol. The van der Waals surface area contributed by atoms with Crippen molar-refractivity contribution < 1.29 is 18.3 Å². The first kappa shape index (κ1) is 15.9. The third kappa shape index (κ3) is 3.23. The molecule has 1 heterocycles. The molecule has 7 heteroatoms. The predicted octanol–water partition coefficient (Wildman–Crippen LogP) is 1.74. The molecule has 0 amide bonds. The lowest BCUT2D eigenvalue weighted by Crippen LogP contribution is -2.40. The zero-order valence-electron chi connectivity index (χ0n) is 11.3. The third-order valence-corrected chi connectivity index (χ3v) is 6.43. The van der Waals surface area contributed by atoms with Gasteiger partial charge in [-0.15, -0.1) is 0 Å². The lowest BCUT2D eigenvalue weighted by molar-refractivity contribution is 0.0632. The molecule has 0 unspecified atom stereocenters. The van der Waals surface area contributed by atoms with Crippen LogP contribution in [0.3, 0.4) is 0 Å². The monoisotopic (exact) mass is 363 g/mol. The molecule has 1 aromatic rings. The normalized spacial score (nSPS) is 17.6. The van der Waals surface area contributed by atoms with Gasteiger partial charge in [-0.05, 0) is 46.5 Å². The highest BCUT2D eigenvalue weighted by atomic mass is 79.9. The van der Waals surface area contributed by atoms with Crippen LogP contribution in [0.2, 0.25) is 0 Å². The number of aliphatic hydroxyl groups is 1. The number of benzene rings is 1. The summed E-state index contributed by atoms with van der Waals surface area (Å²) in [7, 11) is -1.94. The van der Waals surface area contributed by atoms with Gasteiger partial charge in [0.15, 0.2) is 0 Å². The van der Waals surface area contributed by atoms with E-state index in [9.17, 15) is 8.42 Å². The van der Waals surface area contributed by atoms with Gasteiger partial charge in [0.25, 0.3) is 0 Å². The molecule has 112 valence electrons. The van der Waals surface area contributed by atoms with Crippen molar-refractivity contribution in [3.05, 3.63) is 28.2 Å². The summed E-state index contributed by atoms with van der Waals surface area (Å²) in [4.78, 5) is 0.226. The summed E-state index contributed by atoms with van der Waals surface area (Å²) in [6, 6.07) is 4.75. The fourth-order valence-electron chi connectivity index (χ4n) is 2.25. The Hall–Kier alpha value is -0.470. The molecule has 0 bridgehead atoms. The fraction of sp³-hybridized carbons (Fsp3) is 0.538. The second-order valence-corrected chi connectivity index (χ2v) is 7.61. The molecule has 0 aromatic heterocycles. The average Bonchev–Trinajstić information content (AvgIpc) is 2.46. The summed E-state index contributed by atoms with van der Waals surface area (Å²) in [5.74, 6) is 0. The number of halogens is 1. The van der Waals surface area contributed by atoms with E-state index in [2.05, 4.69) is 15.9 Å². The minimum atomic E-state index is -3.54. The van der Waals surface area contributed by atoms with Gasteiger partial charge in [0, 0.05) is 30.8 Å².